The first kappa shape index (κ1) is 11.1. The van der Waals surface area contributed by atoms with Crippen LogP contribution in [-0.2, 0) is 9.53 Å². The fourth-order valence-electron chi connectivity index (χ4n) is 1.94. The number of amides is 1. The molecule has 2 aliphatic rings. The summed E-state index contributed by atoms with van der Waals surface area (Å²) in [6.07, 6.45) is 2.02. The van der Waals surface area contributed by atoms with Gasteiger partial charge in [0, 0.05) is 11.6 Å². The second-order valence-corrected chi connectivity index (χ2v) is 4.68. The number of nitrogens with one attached hydrogen (secondary N) is 1. The minimum Gasteiger partial charge on any atom is -0.463 e. The molecule has 1 aliphatic carbocycles. The van der Waals surface area contributed by atoms with Gasteiger partial charge in [-0.2, -0.15) is 0 Å². The lowest BCUT2D eigenvalue weighted by Gasteiger charge is -2.08. The van der Waals surface area contributed by atoms with Gasteiger partial charge in [-0.3, -0.25) is 4.79 Å². The Labute approximate surface area is 105 Å². The molecule has 5 heteroatoms. The van der Waals surface area contributed by atoms with Crippen LogP contribution in [-0.4, -0.2) is 18.5 Å². The molecule has 1 aromatic carbocycles. The van der Waals surface area contributed by atoms with Gasteiger partial charge in [-0.15, -0.1) is 0 Å². The van der Waals surface area contributed by atoms with E-state index in [0.29, 0.717) is 6.61 Å². The van der Waals surface area contributed by atoms with Gasteiger partial charge < -0.3 is 15.8 Å². The van der Waals surface area contributed by atoms with Crippen molar-refractivity contribution >= 4 is 17.6 Å². The minimum absolute atomic E-state index is 0.0295. The summed E-state index contributed by atoms with van der Waals surface area (Å²) in [5, 5.41) is 2.90. The van der Waals surface area contributed by atoms with Crippen molar-refractivity contribution in [3.05, 3.63) is 29.8 Å². The summed E-state index contributed by atoms with van der Waals surface area (Å²) in [4.78, 5) is 15.8. The number of benzene rings is 1. The maximum Gasteiger partial charge on any atom is 0.282 e. The SMILES string of the molecule is NC1=N[C@@H](c2ccc(NC(=O)C3CC3)cc2)CO1. The van der Waals surface area contributed by atoms with E-state index in [4.69, 9.17) is 10.5 Å². The lowest BCUT2D eigenvalue weighted by Crippen LogP contribution is -2.13. The van der Waals surface area contributed by atoms with Crippen molar-refractivity contribution in [2.75, 3.05) is 11.9 Å². The molecule has 0 bridgehead atoms. The molecule has 94 valence electrons. The predicted octanol–water partition coefficient (Wildman–Crippen LogP) is 1.42. The summed E-state index contributed by atoms with van der Waals surface area (Å²) in [5.41, 5.74) is 7.34. The standard InChI is InChI=1S/C13H15N3O2/c14-13-16-11(7-18-13)8-3-5-10(6-4-8)15-12(17)9-1-2-9/h3-6,9,11H,1-2,7H2,(H2,14,16)(H,15,17)/t11-/m1/s1. The van der Waals surface area contributed by atoms with E-state index in [1.807, 2.05) is 24.3 Å². The van der Waals surface area contributed by atoms with Crippen molar-refractivity contribution in [3.63, 3.8) is 0 Å². The Balaban J connectivity index is 1.67. The first-order chi connectivity index (χ1) is 8.72. The highest BCUT2D eigenvalue weighted by molar-refractivity contribution is 5.94. The van der Waals surface area contributed by atoms with Crippen LogP contribution >= 0.6 is 0 Å². The molecule has 1 atom stereocenters. The molecule has 0 radical (unpaired) electrons. The topological polar surface area (TPSA) is 76.7 Å². The summed E-state index contributed by atoms with van der Waals surface area (Å²) >= 11 is 0. The van der Waals surface area contributed by atoms with Crippen LogP contribution in [0.2, 0.25) is 0 Å². The molecule has 3 rings (SSSR count). The van der Waals surface area contributed by atoms with Crippen molar-refractivity contribution in [1.29, 1.82) is 0 Å². The number of anilines is 1. The zero-order valence-corrected chi connectivity index (χ0v) is 9.93. The van der Waals surface area contributed by atoms with Crippen molar-refractivity contribution < 1.29 is 9.53 Å². The fourth-order valence-corrected chi connectivity index (χ4v) is 1.94. The number of hydrogen-bond donors (Lipinski definition) is 2. The van der Waals surface area contributed by atoms with E-state index in [0.717, 1.165) is 24.1 Å². The van der Waals surface area contributed by atoms with Gasteiger partial charge in [0.1, 0.15) is 12.6 Å². The van der Waals surface area contributed by atoms with Crippen molar-refractivity contribution in [1.82, 2.24) is 0 Å². The molecule has 0 spiro atoms. The molecule has 3 N–H and O–H groups in total. The van der Waals surface area contributed by atoms with Crippen molar-refractivity contribution in [2.45, 2.75) is 18.9 Å². The Morgan fingerprint density at radius 2 is 2.06 bits per heavy atom. The number of amidine groups is 1. The first-order valence-electron chi connectivity index (χ1n) is 6.09. The maximum absolute atomic E-state index is 11.6. The van der Waals surface area contributed by atoms with Crippen molar-refractivity contribution in [2.24, 2.45) is 16.6 Å². The summed E-state index contributed by atoms with van der Waals surface area (Å²) in [7, 11) is 0. The Kier molecular flexibility index (Phi) is 2.66. The molecule has 1 fully saturated rings. The zero-order chi connectivity index (χ0) is 12.5. The molecule has 1 aromatic rings. The normalized spacial score (nSPS) is 22.2. The third-order valence-corrected chi connectivity index (χ3v) is 3.18. The van der Waals surface area contributed by atoms with Crippen LogP contribution in [0.15, 0.2) is 29.3 Å². The Hall–Kier alpha value is -2.04. The molecule has 1 amide bonds. The van der Waals surface area contributed by atoms with E-state index < -0.39 is 0 Å². The number of carbonyl (C=O) groups excluding carboxylic acids is 1. The number of ether oxygens (including phenoxy) is 1. The van der Waals surface area contributed by atoms with E-state index in [1.165, 1.54) is 0 Å². The van der Waals surface area contributed by atoms with Gasteiger partial charge in [0.05, 0.1) is 0 Å². The van der Waals surface area contributed by atoms with Crippen LogP contribution in [0.4, 0.5) is 5.69 Å². The van der Waals surface area contributed by atoms with Crippen LogP contribution in [0.3, 0.4) is 0 Å². The summed E-state index contributed by atoms with van der Waals surface area (Å²) in [6.45, 7) is 0.486. The average Bonchev–Trinajstić information content (AvgIpc) is 3.13. The van der Waals surface area contributed by atoms with Crippen LogP contribution < -0.4 is 11.1 Å². The third kappa shape index (κ3) is 2.30. The minimum atomic E-state index is -0.0295. The molecule has 0 saturated heterocycles. The Bertz CT molecular complexity index is 491. The molecule has 5 nitrogen and oxygen atoms in total. The van der Waals surface area contributed by atoms with E-state index in [9.17, 15) is 4.79 Å². The molecule has 0 aromatic heterocycles. The fraction of sp³-hybridized carbons (Fsp3) is 0.385. The molecule has 1 aliphatic heterocycles. The predicted molar refractivity (Wildman–Crippen MR) is 68.1 cm³/mol. The molecule has 0 unspecified atom stereocenters. The molecule has 1 heterocycles. The smallest absolute Gasteiger partial charge is 0.282 e. The van der Waals surface area contributed by atoms with E-state index >= 15 is 0 Å². The van der Waals surface area contributed by atoms with E-state index in [2.05, 4.69) is 10.3 Å². The monoisotopic (exact) mass is 245 g/mol. The zero-order valence-electron chi connectivity index (χ0n) is 9.93. The molecular formula is C13H15N3O2. The van der Waals surface area contributed by atoms with E-state index in [-0.39, 0.29) is 23.9 Å². The Morgan fingerprint density at radius 3 is 2.61 bits per heavy atom. The average molecular weight is 245 g/mol. The van der Waals surface area contributed by atoms with E-state index in [1.54, 1.807) is 0 Å². The van der Waals surface area contributed by atoms with Crippen molar-refractivity contribution in [3.8, 4) is 0 Å². The number of aliphatic imine (C=N–C) groups is 1. The summed E-state index contributed by atoms with van der Waals surface area (Å²) < 4.78 is 5.11. The largest absolute Gasteiger partial charge is 0.463 e. The number of nitrogens with two attached hydrogens (primary N) is 1. The molecular weight excluding hydrogens is 230 g/mol. The quantitative estimate of drug-likeness (QED) is 0.845. The van der Waals surface area contributed by atoms with Crippen LogP contribution in [0.1, 0.15) is 24.4 Å². The highest BCUT2D eigenvalue weighted by atomic mass is 16.5. The highest BCUT2D eigenvalue weighted by Crippen LogP contribution is 2.30. The van der Waals surface area contributed by atoms with Gasteiger partial charge in [-0.25, -0.2) is 4.99 Å². The Morgan fingerprint density at radius 1 is 1.33 bits per heavy atom. The van der Waals surface area contributed by atoms with Gasteiger partial charge in [-0.05, 0) is 30.5 Å². The number of rotatable bonds is 3. The van der Waals surface area contributed by atoms with Crippen LogP contribution in [0, 0.1) is 5.92 Å². The summed E-state index contributed by atoms with van der Waals surface area (Å²) in [6, 6.07) is 7.88. The van der Waals surface area contributed by atoms with Gasteiger partial charge >= 0.3 is 0 Å². The van der Waals surface area contributed by atoms with Gasteiger partial charge in [0.2, 0.25) is 5.91 Å². The van der Waals surface area contributed by atoms with Gasteiger partial charge in [-0.1, -0.05) is 12.1 Å². The third-order valence-electron chi connectivity index (χ3n) is 3.18. The second-order valence-electron chi connectivity index (χ2n) is 4.68. The second kappa shape index (κ2) is 4.33. The number of carbonyl (C=O) groups is 1. The lowest BCUT2D eigenvalue weighted by molar-refractivity contribution is -0.117. The molecule has 18 heavy (non-hydrogen) atoms. The van der Waals surface area contributed by atoms with Crippen LogP contribution in [0.5, 0.6) is 0 Å². The lowest BCUT2D eigenvalue weighted by atomic mass is 10.1. The summed E-state index contributed by atoms with van der Waals surface area (Å²) in [5.74, 6) is 0.339. The van der Waals surface area contributed by atoms with Gasteiger partial charge in [0.15, 0.2) is 0 Å². The molecule has 1 saturated carbocycles. The van der Waals surface area contributed by atoms with Gasteiger partial charge in [0.25, 0.3) is 6.02 Å². The van der Waals surface area contributed by atoms with Crippen LogP contribution in [0.25, 0.3) is 0 Å². The maximum atomic E-state index is 11.6. The number of nitrogens with zero attached hydrogens (tertiary/aromatic N) is 1. The first-order valence-corrected chi connectivity index (χ1v) is 6.09. The number of hydrogen-bond acceptors (Lipinski definition) is 4. The highest BCUT2D eigenvalue weighted by Gasteiger charge is 2.29.